The Morgan fingerprint density at radius 2 is 1.46 bits per heavy atom. The van der Waals surface area contributed by atoms with Crippen molar-refractivity contribution in [3.63, 3.8) is 0 Å². The number of aromatic nitrogens is 1. The predicted molar refractivity (Wildman–Crippen MR) is 116 cm³/mol. The summed E-state index contributed by atoms with van der Waals surface area (Å²) in [4.78, 5) is 15.7. The Bertz CT molecular complexity index is 1080. The first-order valence-corrected chi connectivity index (χ1v) is 8.73. The summed E-state index contributed by atoms with van der Waals surface area (Å²) in [7, 11) is 0. The molecule has 0 aliphatic carbocycles. The van der Waals surface area contributed by atoms with Gasteiger partial charge in [0.15, 0.2) is 0 Å². The molecule has 0 amide bonds. The first-order valence-electron chi connectivity index (χ1n) is 8.73. The smallest absolute Gasteiger partial charge is 0.320 e. The largest absolute Gasteiger partial charge is 0.480 e. The fourth-order valence-electron chi connectivity index (χ4n) is 3.18. The molecule has 0 radical (unpaired) electrons. The lowest BCUT2D eigenvalue weighted by Gasteiger charge is -2.14. The summed E-state index contributed by atoms with van der Waals surface area (Å²) in [6.07, 6.45) is 0.302. The number of para-hydroxylation sites is 2. The number of rotatable bonds is 5. The average molecular weight is 394 g/mol. The molecule has 6 heteroatoms. The van der Waals surface area contributed by atoms with E-state index in [0.717, 1.165) is 38.7 Å². The van der Waals surface area contributed by atoms with Crippen molar-refractivity contribution >= 4 is 51.6 Å². The molecule has 1 atom stereocenters. The third kappa shape index (κ3) is 3.91. The summed E-state index contributed by atoms with van der Waals surface area (Å²) < 4.78 is 0. The van der Waals surface area contributed by atoms with Gasteiger partial charge in [0.2, 0.25) is 0 Å². The van der Waals surface area contributed by atoms with Gasteiger partial charge in [0.05, 0.1) is 16.7 Å². The van der Waals surface area contributed by atoms with Crippen molar-refractivity contribution in [2.75, 3.05) is 5.32 Å². The number of pyridine rings is 1. The molecule has 4 rings (SSSR count). The number of carboxylic acid groups (broad SMARTS) is 1. The van der Waals surface area contributed by atoms with Gasteiger partial charge in [0, 0.05) is 16.5 Å². The van der Waals surface area contributed by atoms with E-state index >= 15 is 0 Å². The van der Waals surface area contributed by atoms with Crippen LogP contribution in [0.2, 0.25) is 0 Å². The van der Waals surface area contributed by atoms with E-state index in [1.807, 2.05) is 60.7 Å². The molecule has 1 unspecified atom stereocenters. The van der Waals surface area contributed by atoms with Gasteiger partial charge in [0.25, 0.3) is 0 Å². The summed E-state index contributed by atoms with van der Waals surface area (Å²) >= 11 is 0. The molecule has 0 aliphatic heterocycles. The second-order valence-corrected chi connectivity index (χ2v) is 6.49. The number of halogens is 1. The molecule has 0 saturated carbocycles. The van der Waals surface area contributed by atoms with Gasteiger partial charge in [-0.1, -0.05) is 48.5 Å². The van der Waals surface area contributed by atoms with Gasteiger partial charge in [-0.25, -0.2) is 4.98 Å². The van der Waals surface area contributed by atoms with E-state index in [2.05, 4.69) is 17.4 Å². The van der Waals surface area contributed by atoms with Crippen molar-refractivity contribution in [2.45, 2.75) is 12.5 Å². The predicted octanol–water partition coefficient (Wildman–Crippen LogP) is 4.51. The van der Waals surface area contributed by atoms with E-state index in [1.165, 1.54) is 0 Å². The topological polar surface area (TPSA) is 88.2 Å². The van der Waals surface area contributed by atoms with Crippen LogP contribution in [0.5, 0.6) is 0 Å². The molecule has 5 nitrogen and oxygen atoms in total. The molecular formula is C22H20ClN3O2. The highest BCUT2D eigenvalue weighted by molar-refractivity contribution is 6.08. The molecule has 3 aromatic carbocycles. The van der Waals surface area contributed by atoms with E-state index in [4.69, 9.17) is 15.8 Å². The first-order chi connectivity index (χ1) is 13.1. The summed E-state index contributed by atoms with van der Waals surface area (Å²) in [5, 5.41) is 14.6. The molecule has 28 heavy (non-hydrogen) atoms. The Hall–Kier alpha value is -3.15. The van der Waals surface area contributed by atoms with Crippen LogP contribution in [0.25, 0.3) is 21.8 Å². The number of nitrogens with two attached hydrogens (primary N) is 1. The lowest BCUT2D eigenvalue weighted by molar-refractivity contribution is -0.138. The Labute approximate surface area is 168 Å². The van der Waals surface area contributed by atoms with Crippen molar-refractivity contribution in [2.24, 2.45) is 5.73 Å². The van der Waals surface area contributed by atoms with Crippen LogP contribution < -0.4 is 11.1 Å². The third-order valence-electron chi connectivity index (χ3n) is 4.58. The fraction of sp³-hybridized carbons (Fsp3) is 0.0909. The summed E-state index contributed by atoms with van der Waals surface area (Å²) in [6.45, 7) is 0. The molecule has 0 fully saturated rings. The fourth-order valence-corrected chi connectivity index (χ4v) is 3.18. The molecule has 4 N–H and O–H groups in total. The van der Waals surface area contributed by atoms with Gasteiger partial charge in [-0.05, 0) is 36.2 Å². The molecule has 142 valence electrons. The molecule has 0 spiro atoms. The number of nitrogens with one attached hydrogen (secondary N) is 1. The number of fused-ring (bicyclic) bond motifs is 2. The molecule has 0 aliphatic rings. The molecule has 4 aromatic rings. The Balaban J connectivity index is 0.00000225. The zero-order chi connectivity index (χ0) is 18.8. The number of hydrogen-bond acceptors (Lipinski definition) is 4. The zero-order valence-corrected chi connectivity index (χ0v) is 15.8. The van der Waals surface area contributed by atoms with Gasteiger partial charge in [-0.2, -0.15) is 0 Å². The van der Waals surface area contributed by atoms with Crippen LogP contribution in [-0.2, 0) is 11.2 Å². The summed E-state index contributed by atoms with van der Waals surface area (Å²) in [5.74, 6) is -0.994. The second kappa shape index (κ2) is 8.25. The maximum absolute atomic E-state index is 10.9. The molecule has 1 aromatic heterocycles. The summed E-state index contributed by atoms with van der Waals surface area (Å²) in [6, 6.07) is 22.9. The van der Waals surface area contributed by atoms with Crippen LogP contribution in [0.3, 0.4) is 0 Å². The lowest BCUT2D eigenvalue weighted by Crippen LogP contribution is -2.32. The minimum Gasteiger partial charge on any atom is -0.480 e. The van der Waals surface area contributed by atoms with Gasteiger partial charge in [0.1, 0.15) is 6.04 Å². The number of hydrogen-bond donors (Lipinski definition) is 3. The van der Waals surface area contributed by atoms with Crippen LogP contribution in [0.4, 0.5) is 11.4 Å². The SMILES string of the molecule is Cl.NC(Cc1ccc(Nc2c3ccccc3nc3ccccc23)cc1)C(=O)O. The minimum atomic E-state index is -0.994. The van der Waals surface area contributed by atoms with Crippen molar-refractivity contribution in [1.82, 2.24) is 4.98 Å². The van der Waals surface area contributed by atoms with Crippen LogP contribution in [0.15, 0.2) is 72.8 Å². The number of carboxylic acids is 1. The van der Waals surface area contributed by atoms with Gasteiger partial charge >= 0.3 is 5.97 Å². The Kier molecular flexibility index (Phi) is 5.78. The monoisotopic (exact) mass is 393 g/mol. The van der Waals surface area contributed by atoms with Crippen LogP contribution in [0.1, 0.15) is 5.56 Å². The van der Waals surface area contributed by atoms with E-state index in [9.17, 15) is 4.79 Å². The van der Waals surface area contributed by atoms with Crippen LogP contribution in [0, 0.1) is 0 Å². The van der Waals surface area contributed by atoms with E-state index in [0.29, 0.717) is 6.42 Å². The Morgan fingerprint density at radius 1 is 0.929 bits per heavy atom. The highest BCUT2D eigenvalue weighted by Gasteiger charge is 2.12. The molecule has 0 saturated heterocycles. The number of carbonyl (C=O) groups is 1. The van der Waals surface area contributed by atoms with E-state index in [-0.39, 0.29) is 12.4 Å². The average Bonchev–Trinajstić information content (AvgIpc) is 2.69. The number of benzene rings is 3. The van der Waals surface area contributed by atoms with E-state index in [1.54, 1.807) is 0 Å². The van der Waals surface area contributed by atoms with Crippen LogP contribution in [-0.4, -0.2) is 22.1 Å². The van der Waals surface area contributed by atoms with Crippen molar-refractivity contribution in [3.05, 3.63) is 78.4 Å². The summed E-state index contributed by atoms with van der Waals surface area (Å²) in [5.41, 5.74) is 10.3. The first kappa shape index (κ1) is 19.6. The van der Waals surface area contributed by atoms with Crippen molar-refractivity contribution < 1.29 is 9.90 Å². The maximum Gasteiger partial charge on any atom is 0.320 e. The number of nitrogens with zero attached hydrogens (tertiary/aromatic N) is 1. The number of aliphatic carboxylic acids is 1. The van der Waals surface area contributed by atoms with Crippen LogP contribution >= 0.6 is 12.4 Å². The lowest BCUT2D eigenvalue weighted by atomic mass is 10.1. The second-order valence-electron chi connectivity index (χ2n) is 6.49. The highest BCUT2D eigenvalue weighted by Crippen LogP contribution is 2.32. The third-order valence-corrected chi connectivity index (χ3v) is 4.58. The normalized spacial score (nSPS) is 11.8. The molecule has 0 bridgehead atoms. The minimum absolute atomic E-state index is 0. The standard InChI is InChI=1S/C22H19N3O2.ClH/c23-18(22(26)27)13-14-9-11-15(12-10-14)24-21-16-5-1-3-7-19(16)25-20-8-4-2-6-17(20)21;/h1-12,18H,13,23H2,(H,24,25)(H,26,27);1H. The van der Waals surface area contributed by atoms with Crippen molar-refractivity contribution in [3.8, 4) is 0 Å². The van der Waals surface area contributed by atoms with Gasteiger partial charge in [-0.15, -0.1) is 12.4 Å². The molecular weight excluding hydrogens is 374 g/mol. The van der Waals surface area contributed by atoms with E-state index < -0.39 is 12.0 Å². The zero-order valence-electron chi connectivity index (χ0n) is 15.0. The Morgan fingerprint density at radius 3 is 2.00 bits per heavy atom. The van der Waals surface area contributed by atoms with Crippen molar-refractivity contribution in [1.29, 1.82) is 0 Å². The highest BCUT2D eigenvalue weighted by atomic mass is 35.5. The van der Waals surface area contributed by atoms with Gasteiger partial charge in [-0.3, -0.25) is 4.79 Å². The molecule has 1 heterocycles. The quantitative estimate of drug-likeness (QED) is 0.434. The van der Waals surface area contributed by atoms with Gasteiger partial charge < -0.3 is 16.2 Å². The number of anilines is 2. The maximum atomic E-state index is 10.9.